The Kier molecular flexibility index (Phi) is 4.14. The number of phenolic OH excluding ortho intramolecular Hbond substituents is 1. The average molecular weight is 334 g/mol. The molecule has 0 unspecified atom stereocenters. The van der Waals surface area contributed by atoms with E-state index in [0.717, 1.165) is 26.9 Å². The zero-order valence-electron chi connectivity index (χ0n) is 11.6. The van der Waals surface area contributed by atoms with Gasteiger partial charge in [-0.25, -0.2) is 0 Å². The summed E-state index contributed by atoms with van der Waals surface area (Å²) in [5.41, 5.74) is 3.98. The Bertz CT molecular complexity index is 657. The molecule has 2 aromatic carbocycles. The number of anilines is 1. The number of carbonyl (C=O) groups excluding carboxylic acids is 1. The average Bonchev–Trinajstić information content (AvgIpc) is 2.33. The molecule has 2 rings (SSSR count). The molecule has 20 heavy (non-hydrogen) atoms. The fraction of sp³-hybridized carbons (Fsp3) is 0.188. The SMILES string of the molecule is Cc1ccc(C(=O)Nc2c(C)cc(C)cc2Br)c(O)c1. The second-order valence-corrected chi connectivity index (χ2v) is 5.77. The molecule has 0 atom stereocenters. The molecular formula is C16H16BrNO2. The van der Waals surface area contributed by atoms with Crippen molar-refractivity contribution in [3.63, 3.8) is 0 Å². The highest BCUT2D eigenvalue weighted by atomic mass is 79.9. The maximum atomic E-state index is 12.2. The Morgan fingerprint density at radius 2 is 1.80 bits per heavy atom. The van der Waals surface area contributed by atoms with Crippen LogP contribution >= 0.6 is 15.9 Å². The van der Waals surface area contributed by atoms with E-state index in [-0.39, 0.29) is 17.2 Å². The van der Waals surface area contributed by atoms with Gasteiger partial charge in [0.2, 0.25) is 0 Å². The second-order valence-electron chi connectivity index (χ2n) is 4.91. The lowest BCUT2D eigenvalue weighted by atomic mass is 10.1. The summed E-state index contributed by atoms with van der Waals surface area (Å²) in [6, 6.07) is 8.93. The van der Waals surface area contributed by atoms with Crippen molar-refractivity contribution in [1.29, 1.82) is 0 Å². The molecule has 0 aliphatic carbocycles. The molecule has 0 spiro atoms. The normalized spacial score (nSPS) is 10.4. The van der Waals surface area contributed by atoms with Crippen LogP contribution in [0.25, 0.3) is 0 Å². The molecule has 0 aliphatic heterocycles. The van der Waals surface area contributed by atoms with Crippen LogP contribution < -0.4 is 5.32 Å². The monoisotopic (exact) mass is 333 g/mol. The first-order valence-electron chi connectivity index (χ1n) is 6.26. The number of benzene rings is 2. The number of aryl methyl sites for hydroxylation is 3. The van der Waals surface area contributed by atoms with E-state index >= 15 is 0 Å². The molecule has 0 aromatic heterocycles. The minimum Gasteiger partial charge on any atom is -0.507 e. The number of hydrogen-bond donors (Lipinski definition) is 2. The predicted octanol–water partition coefficient (Wildman–Crippen LogP) is 4.33. The van der Waals surface area contributed by atoms with Crippen molar-refractivity contribution in [3.05, 3.63) is 57.1 Å². The summed E-state index contributed by atoms with van der Waals surface area (Å²) in [4.78, 5) is 12.2. The summed E-state index contributed by atoms with van der Waals surface area (Å²) in [6.07, 6.45) is 0. The third-order valence-corrected chi connectivity index (χ3v) is 3.69. The van der Waals surface area contributed by atoms with Gasteiger partial charge >= 0.3 is 0 Å². The minimum atomic E-state index is -0.324. The fourth-order valence-electron chi connectivity index (χ4n) is 2.09. The third-order valence-electron chi connectivity index (χ3n) is 3.07. The largest absolute Gasteiger partial charge is 0.507 e. The Labute approximate surface area is 126 Å². The number of nitrogens with one attached hydrogen (secondary N) is 1. The van der Waals surface area contributed by atoms with Crippen molar-refractivity contribution < 1.29 is 9.90 Å². The van der Waals surface area contributed by atoms with Gasteiger partial charge in [-0.15, -0.1) is 0 Å². The van der Waals surface area contributed by atoms with E-state index in [1.165, 1.54) is 0 Å². The highest BCUT2D eigenvalue weighted by molar-refractivity contribution is 9.10. The maximum absolute atomic E-state index is 12.2. The Balaban J connectivity index is 2.33. The zero-order chi connectivity index (χ0) is 14.9. The van der Waals surface area contributed by atoms with Crippen molar-refractivity contribution in [3.8, 4) is 5.75 Å². The van der Waals surface area contributed by atoms with Crippen LogP contribution in [0.5, 0.6) is 5.75 Å². The van der Waals surface area contributed by atoms with E-state index in [2.05, 4.69) is 21.2 Å². The Hall–Kier alpha value is -1.81. The second kappa shape index (κ2) is 5.67. The lowest BCUT2D eigenvalue weighted by Crippen LogP contribution is -2.13. The summed E-state index contributed by atoms with van der Waals surface area (Å²) in [5.74, 6) is -0.335. The molecule has 3 nitrogen and oxygen atoms in total. The van der Waals surface area contributed by atoms with Crippen molar-refractivity contribution in [1.82, 2.24) is 0 Å². The van der Waals surface area contributed by atoms with Crippen LogP contribution in [0.2, 0.25) is 0 Å². The predicted molar refractivity (Wildman–Crippen MR) is 84.4 cm³/mol. The summed E-state index contributed by atoms with van der Waals surface area (Å²) in [5, 5.41) is 12.7. The number of hydrogen-bond acceptors (Lipinski definition) is 2. The smallest absolute Gasteiger partial charge is 0.259 e. The van der Waals surface area contributed by atoms with Crippen molar-refractivity contribution >= 4 is 27.5 Å². The van der Waals surface area contributed by atoms with Gasteiger partial charge in [0.05, 0.1) is 11.3 Å². The van der Waals surface area contributed by atoms with E-state index in [4.69, 9.17) is 0 Å². The lowest BCUT2D eigenvalue weighted by molar-refractivity contribution is 0.102. The Morgan fingerprint density at radius 3 is 2.40 bits per heavy atom. The molecule has 0 bridgehead atoms. The topological polar surface area (TPSA) is 49.3 Å². The van der Waals surface area contributed by atoms with Gasteiger partial charge in [0, 0.05) is 4.47 Å². The van der Waals surface area contributed by atoms with Crippen molar-refractivity contribution in [2.24, 2.45) is 0 Å². The van der Waals surface area contributed by atoms with Crippen LogP contribution in [-0.2, 0) is 0 Å². The highest BCUT2D eigenvalue weighted by Crippen LogP contribution is 2.29. The molecule has 0 saturated carbocycles. The van der Waals surface area contributed by atoms with Crippen LogP contribution in [-0.4, -0.2) is 11.0 Å². The summed E-state index contributed by atoms with van der Waals surface area (Å²) >= 11 is 3.45. The number of halogens is 1. The van der Waals surface area contributed by atoms with Crippen LogP contribution in [0.1, 0.15) is 27.0 Å². The van der Waals surface area contributed by atoms with Gasteiger partial charge in [-0.05, 0) is 71.6 Å². The first-order chi connectivity index (χ1) is 9.38. The van der Waals surface area contributed by atoms with E-state index < -0.39 is 0 Å². The number of aromatic hydroxyl groups is 1. The first kappa shape index (κ1) is 14.6. The summed E-state index contributed by atoms with van der Waals surface area (Å²) < 4.78 is 0.829. The van der Waals surface area contributed by atoms with Crippen LogP contribution in [0.4, 0.5) is 5.69 Å². The van der Waals surface area contributed by atoms with Gasteiger partial charge < -0.3 is 10.4 Å². The fourth-order valence-corrected chi connectivity index (χ4v) is 2.86. The molecule has 0 aliphatic rings. The highest BCUT2D eigenvalue weighted by Gasteiger charge is 2.14. The molecule has 4 heteroatoms. The molecule has 0 heterocycles. The van der Waals surface area contributed by atoms with E-state index in [0.29, 0.717) is 0 Å². The number of phenols is 1. The minimum absolute atomic E-state index is 0.0108. The zero-order valence-corrected chi connectivity index (χ0v) is 13.2. The molecule has 0 fully saturated rings. The molecule has 104 valence electrons. The maximum Gasteiger partial charge on any atom is 0.259 e. The number of rotatable bonds is 2. The molecule has 0 saturated heterocycles. The van der Waals surface area contributed by atoms with E-state index in [1.807, 2.05) is 32.9 Å². The van der Waals surface area contributed by atoms with Crippen molar-refractivity contribution in [2.45, 2.75) is 20.8 Å². The van der Waals surface area contributed by atoms with Crippen LogP contribution in [0, 0.1) is 20.8 Å². The van der Waals surface area contributed by atoms with Gasteiger partial charge in [-0.3, -0.25) is 4.79 Å². The summed E-state index contributed by atoms with van der Waals surface area (Å²) in [6.45, 7) is 5.79. The van der Waals surface area contributed by atoms with Gasteiger partial charge in [0.15, 0.2) is 0 Å². The Morgan fingerprint density at radius 1 is 1.10 bits per heavy atom. The van der Waals surface area contributed by atoms with Gasteiger partial charge in [0.1, 0.15) is 5.75 Å². The van der Waals surface area contributed by atoms with Gasteiger partial charge in [-0.1, -0.05) is 12.1 Å². The quantitative estimate of drug-likeness (QED) is 0.859. The van der Waals surface area contributed by atoms with E-state index in [9.17, 15) is 9.90 Å². The van der Waals surface area contributed by atoms with Crippen molar-refractivity contribution in [2.75, 3.05) is 5.32 Å². The molecule has 2 aromatic rings. The van der Waals surface area contributed by atoms with Crippen LogP contribution in [0.15, 0.2) is 34.8 Å². The molecular weight excluding hydrogens is 318 g/mol. The molecule has 1 amide bonds. The lowest BCUT2D eigenvalue weighted by Gasteiger charge is -2.12. The standard InChI is InChI=1S/C16H16BrNO2/c1-9-4-5-12(14(19)8-9)16(20)18-15-11(3)6-10(2)7-13(15)17/h4-8,19H,1-3H3,(H,18,20). The van der Waals surface area contributed by atoms with E-state index in [1.54, 1.807) is 18.2 Å². The molecule has 2 N–H and O–H groups in total. The first-order valence-corrected chi connectivity index (χ1v) is 7.05. The molecule has 0 radical (unpaired) electrons. The third kappa shape index (κ3) is 3.02. The van der Waals surface area contributed by atoms with Crippen LogP contribution in [0.3, 0.4) is 0 Å². The van der Waals surface area contributed by atoms with Gasteiger partial charge in [0.25, 0.3) is 5.91 Å². The number of amides is 1. The number of carbonyl (C=O) groups is 1. The summed E-state index contributed by atoms with van der Waals surface area (Å²) in [7, 11) is 0. The van der Waals surface area contributed by atoms with Gasteiger partial charge in [-0.2, -0.15) is 0 Å².